The van der Waals surface area contributed by atoms with E-state index in [2.05, 4.69) is 5.32 Å². The molecule has 0 aromatic heterocycles. The minimum atomic E-state index is -0.295. The van der Waals surface area contributed by atoms with E-state index in [4.69, 9.17) is 32.2 Å². The van der Waals surface area contributed by atoms with Gasteiger partial charge in [0.15, 0.2) is 11.5 Å². The highest BCUT2D eigenvalue weighted by atomic mass is 32.1. The van der Waals surface area contributed by atoms with Gasteiger partial charge in [-0.1, -0.05) is 12.2 Å². The van der Waals surface area contributed by atoms with E-state index in [9.17, 15) is 4.79 Å². The predicted octanol–water partition coefficient (Wildman–Crippen LogP) is 1.51. The first kappa shape index (κ1) is 17.0. The van der Waals surface area contributed by atoms with Crippen LogP contribution in [0.3, 0.4) is 0 Å². The van der Waals surface area contributed by atoms with Crippen LogP contribution in [0.5, 0.6) is 17.2 Å². The Kier molecular flexibility index (Phi) is 6.23. The zero-order valence-corrected chi connectivity index (χ0v) is 13.4. The summed E-state index contributed by atoms with van der Waals surface area (Å²) in [5.74, 6) is 0.880. The molecule has 116 valence electrons. The number of carbonyl (C=O) groups excluding carboxylic acids is 1. The third-order valence-corrected chi connectivity index (χ3v) is 3.00. The molecule has 0 aliphatic rings. The number of rotatable bonds is 7. The second kappa shape index (κ2) is 7.68. The van der Waals surface area contributed by atoms with E-state index in [0.717, 1.165) is 0 Å². The van der Waals surface area contributed by atoms with Crippen molar-refractivity contribution in [2.45, 2.75) is 19.4 Å². The van der Waals surface area contributed by atoms with Crippen molar-refractivity contribution in [1.29, 1.82) is 0 Å². The Morgan fingerprint density at radius 1 is 1.24 bits per heavy atom. The molecule has 0 aliphatic carbocycles. The molecular formula is C14H20N2O4S. The Bertz CT molecular complexity index is 534. The second-order valence-electron chi connectivity index (χ2n) is 4.43. The van der Waals surface area contributed by atoms with Crippen LogP contribution in [0, 0.1) is 0 Å². The topological polar surface area (TPSA) is 82.8 Å². The molecular weight excluding hydrogens is 292 g/mol. The molecule has 6 nitrogen and oxygen atoms in total. The van der Waals surface area contributed by atoms with Gasteiger partial charge >= 0.3 is 0 Å². The summed E-state index contributed by atoms with van der Waals surface area (Å²) >= 11 is 4.83. The number of amides is 1. The summed E-state index contributed by atoms with van der Waals surface area (Å²) in [5.41, 5.74) is 5.82. The molecule has 1 aromatic rings. The molecule has 0 aliphatic heterocycles. The van der Waals surface area contributed by atoms with E-state index in [-0.39, 0.29) is 11.9 Å². The molecule has 1 unspecified atom stereocenters. The first-order chi connectivity index (χ1) is 9.94. The van der Waals surface area contributed by atoms with Crippen molar-refractivity contribution in [3.05, 3.63) is 17.7 Å². The van der Waals surface area contributed by atoms with E-state index in [0.29, 0.717) is 34.2 Å². The average Bonchev–Trinajstić information content (AvgIpc) is 2.44. The molecule has 7 heteroatoms. The number of thiocarbonyl (C=S) groups is 1. The normalized spacial score (nSPS) is 11.4. The monoisotopic (exact) mass is 312 g/mol. The molecule has 0 radical (unpaired) electrons. The van der Waals surface area contributed by atoms with Crippen molar-refractivity contribution in [2.24, 2.45) is 5.73 Å². The Labute approximate surface area is 129 Å². The summed E-state index contributed by atoms with van der Waals surface area (Å²) in [6, 6.07) is 3.09. The van der Waals surface area contributed by atoms with Crippen molar-refractivity contribution >= 4 is 23.1 Å². The summed E-state index contributed by atoms with van der Waals surface area (Å²) in [6.07, 6.45) is 0.427. The maximum absolute atomic E-state index is 12.3. The van der Waals surface area contributed by atoms with Gasteiger partial charge in [-0.05, 0) is 19.1 Å². The van der Waals surface area contributed by atoms with Gasteiger partial charge in [0.05, 0.1) is 31.9 Å². The number of nitrogens with one attached hydrogen (secondary N) is 1. The molecule has 0 saturated heterocycles. The number of carbonyl (C=O) groups is 1. The van der Waals surface area contributed by atoms with E-state index in [1.165, 1.54) is 21.3 Å². The summed E-state index contributed by atoms with van der Waals surface area (Å²) < 4.78 is 15.7. The fourth-order valence-corrected chi connectivity index (χ4v) is 2.18. The smallest absolute Gasteiger partial charge is 0.255 e. The lowest BCUT2D eigenvalue weighted by molar-refractivity contribution is 0.0937. The molecule has 0 bridgehead atoms. The van der Waals surface area contributed by atoms with Crippen LogP contribution < -0.4 is 25.3 Å². The van der Waals surface area contributed by atoms with Crippen LogP contribution in [0.25, 0.3) is 0 Å². The van der Waals surface area contributed by atoms with Crippen LogP contribution in [0.2, 0.25) is 0 Å². The molecule has 1 rings (SSSR count). The van der Waals surface area contributed by atoms with Crippen molar-refractivity contribution in [1.82, 2.24) is 5.32 Å². The Morgan fingerprint density at radius 3 is 2.33 bits per heavy atom. The van der Waals surface area contributed by atoms with Crippen molar-refractivity contribution in [3.63, 3.8) is 0 Å². The highest BCUT2D eigenvalue weighted by Crippen LogP contribution is 2.39. The van der Waals surface area contributed by atoms with Crippen LogP contribution >= 0.6 is 12.2 Å². The number of hydrogen-bond acceptors (Lipinski definition) is 5. The number of ether oxygens (including phenoxy) is 3. The maximum atomic E-state index is 12.3. The first-order valence-electron chi connectivity index (χ1n) is 6.32. The van der Waals surface area contributed by atoms with Gasteiger partial charge in [0.25, 0.3) is 5.91 Å². The number of nitrogens with two attached hydrogens (primary N) is 1. The highest BCUT2D eigenvalue weighted by Gasteiger charge is 2.21. The van der Waals surface area contributed by atoms with Crippen molar-refractivity contribution in [3.8, 4) is 17.2 Å². The lowest BCUT2D eigenvalue weighted by Gasteiger charge is -2.17. The first-order valence-corrected chi connectivity index (χ1v) is 6.73. The zero-order chi connectivity index (χ0) is 16.0. The van der Waals surface area contributed by atoms with Crippen LogP contribution in [-0.2, 0) is 0 Å². The predicted molar refractivity (Wildman–Crippen MR) is 84.4 cm³/mol. The molecule has 1 amide bonds. The molecule has 21 heavy (non-hydrogen) atoms. The van der Waals surface area contributed by atoms with Gasteiger partial charge in [-0.3, -0.25) is 4.79 Å². The van der Waals surface area contributed by atoms with Gasteiger partial charge in [0, 0.05) is 12.5 Å². The van der Waals surface area contributed by atoms with Crippen LogP contribution in [0.1, 0.15) is 23.7 Å². The quantitative estimate of drug-likeness (QED) is 0.743. The molecule has 1 aromatic carbocycles. The lowest BCUT2D eigenvalue weighted by atomic mass is 10.1. The van der Waals surface area contributed by atoms with Crippen LogP contribution in [0.15, 0.2) is 12.1 Å². The molecule has 0 spiro atoms. The SMILES string of the molecule is COc1ccc(C(=O)NC(C)CC(N)=S)c(OC)c1OC. The van der Waals surface area contributed by atoms with E-state index in [1.54, 1.807) is 12.1 Å². The number of benzene rings is 1. The fraction of sp³-hybridized carbons (Fsp3) is 0.429. The largest absolute Gasteiger partial charge is 0.493 e. The average molecular weight is 312 g/mol. The van der Waals surface area contributed by atoms with Crippen molar-refractivity contribution in [2.75, 3.05) is 21.3 Å². The molecule has 0 saturated carbocycles. The molecule has 1 atom stereocenters. The second-order valence-corrected chi connectivity index (χ2v) is 4.95. The van der Waals surface area contributed by atoms with E-state index >= 15 is 0 Å². The third kappa shape index (κ3) is 4.22. The van der Waals surface area contributed by atoms with Gasteiger partial charge in [-0.15, -0.1) is 0 Å². The molecule has 3 N–H and O–H groups in total. The summed E-state index contributed by atoms with van der Waals surface area (Å²) in [6.45, 7) is 1.82. The summed E-state index contributed by atoms with van der Waals surface area (Å²) in [4.78, 5) is 12.7. The van der Waals surface area contributed by atoms with Gasteiger partial charge in [0.1, 0.15) is 0 Å². The van der Waals surface area contributed by atoms with Crippen molar-refractivity contribution < 1.29 is 19.0 Å². The zero-order valence-electron chi connectivity index (χ0n) is 12.6. The van der Waals surface area contributed by atoms with Crippen LogP contribution in [-0.4, -0.2) is 38.3 Å². The van der Waals surface area contributed by atoms with Gasteiger partial charge < -0.3 is 25.3 Å². The minimum absolute atomic E-state index is 0.173. The lowest BCUT2D eigenvalue weighted by Crippen LogP contribution is -2.35. The van der Waals surface area contributed by atoms with E-state index in [1.807, 2.05) is 6.92 Å². The fourth-order valence-electron chi connectivity index (χ4n) is 1.93. The number of hydrogen-bond donors (Lipinski definition) is 2. The molecule has 0 heterocycles. The standard InChI is InChI=1S/C14H20N2O4S/c1-8(7-11(15)21)16-14(17)9-5-6-10(18-2)13(20-4)12(9)19-3/h5-6,8H,7H2,1-4H3,(H2,15,21)(H,16,17). The highest BCUT2D eigenvalue weighted by molar-refractivity contribution is 7.80. The maximum Gasteiger partial charge on any atom is 0.255 e. The Hall–Kier alpha value is -2.02. The Balaban J connectivity index is 3.07. The van der Waals surface area contributed by atoms with Gasteiger partial charge in [-0.2, -0.15) is 0 Å². The summed E-state index contributed by atoms with van der Waals surface area (Å²) in [7, 11) is 4.46. The van der Waals surface area contributed by atoms with Gasteiger partial charge in [0.2, 0.25) is 5.75 Å². The van der Waals surface area contributed by atoms with Gasteiger partial charge in [-0.25, -0.2) is 0 Å². The van der Waals surface area contributed by atoms with E-state index < -0.39 is 0 Å². The molecule has 0 fully saturated rings. The minimum Gasteiger partial charge on any atom is -0.493 e. The number of methoxy groups -OCH3 is 3. The Morgan fingerprint density at radius 2 is 1.86 bits per heavy atom. The summed E-state index contributed by atoms with van der Waals surface area (Å²) in [5, 5.41) is 2.81. The van der Waals surface area contributed by atoms with Crippen LogP contribution in [0.4, 0.5) is 0 Å². The third-order valence-electron chi connectivity index (χ3n) is 2.83.